The number of carbonyl (C=O) groups is 1. The molecule has 1 aliphatic rings. The van der Waals surface area contributed by atoms with Crippen LogP contribution in [0, 0.1) is 17.6 Å². The second kappa shape index (κ2) is 5.54. The minimum atomic E-state index is -0.763. The Kier molecular flexibility index (Phi) is 4.01. The summed E-state index contributed by atoms with van der Waals surface area (Å²) in [6.07, 6.45) is 0.207. The van der Waals surface area contributed by atoms with Crippen molar-refractivity contribution in [2.24, 2.45) is 11.0 Å². The highest BCUT2D eigenvalue weighted by Gasteiger charge is 2.30. The van der Waals surface area contributed by atoms with Crippen LogP contribution >= 0.6 is 15.9 Å². The molecule has 5 nitrogen and oxygen atoms in total. The molecule has 0 radical (unpaired) electrons. The average molecular weight is 331 g/mol. The molecule has 1 aromatic rings. The Bertz CT molecular complexity index is 551. The number of halogens is 3. The van der Waals surface area contributed by atoms with Crippen molar-refractivity contribution in [3.8, 4) is 0 Å². The van der Waals surface area contributed by atoms with Crippen LogP contribution in [0.15, 0.2) is 21.7 Å². The van der Waals surface area contributed by atoms with Crippen LogP contribution in [-0.4, -0.2) is 19.0 Å². The van der Waals surface area contributed by atoms with Gasteiger partial charge in [-0.15, -0.1) is 0 Å². The van der Waals surface area contributed by atoms with Crippen LogP contribution in [0.2, 0.25) is 0 Å². The first-order valence-electron chi connectivity index (χ1n) is 5.48. The van der Waals surface area contributed by atoms with Crippen LogP contribution in [-0.2, 0) is 4.79 Å². The van der Waals surface area contributed by atoms with Gasteiger partial charge >= 0.3 is 0 Å². The minimum absolute atomic E-state index is 0.127. The fourth-order valence-electron chi connectivity index (χ4n) is 2.00. The molecule has 0 aliphatic carbocycles. The van der Waals surface area contributed by atoms with E-state index in [4.69, 9.17) is 5.53 Å². The summed E-state index contributed by atoms with van der Waals surface area (Å²) in [7, 11) is 0. The van der Waals surface area contributed by atoms with Gasteiger partial charge in [-0.05, 0) is 39.5 Å². The number of azide groups is 1. The van der Waals surface area contributed by atoms with Crippen molar-refractivity contribution in [1.82, 2.24) is 0 Å². The molecule has 1 heterocycles. The summed E-state index contributed by atoms with van der Waals surface area (Å²) >= 11 is 2.77. The molecule has 1 atom stereocenters. The van der Waals surface area contributed by atoms with Crippen LogP contribution in [0.5, 0.6) is 0 Å². The Hall–Kier alpha value is -1.66. The maximum absolute atomic E-state index is 13.4. The number of hydrogen-bond donors (Lipinski definition) is 0. The molecular formula is C11H9BrF2N4O. The van der Waals surface area contributed by atoms with Gasteiger partial charge < -0.3 is 4.90 Å². The lowest BCUT2D eigenvalue weighted by Gasteiger charge is -2.17. The van der Waals surface area contributed by atoms with Crippen LogP contribution in [0.25, 0.3) is 10.4 Å². The zero-order chi connectivity index (χ0) is 14.0. The molecule has 8 heteroatoms. The molecule has 0 spiro atoms. The lowest BCUT2D eigenvalue weighted by molar-refractivity contribution is -0.117. The van der Waals surface area contributed by atoms with Gasteiger partial charge in [-0.3, -0.25) is 4.79 Å². The Balaban J connectivity index is 2.23. The summed E-state index contributed by atoms with van der Waals surface area (Å²) in [6.45, 7) is 0.485. The second-order valence-corrected chi connectivity index (χ2v) is 5.00. The van der Waals surface area contributed by atoms with Crippen molar-refractivity contribution in [2.75, 3.05) is 18.0 Å². The summed E-state index contributed by atoms with van der Waals surface area (Å²) in [5, 5.41) is 3.41. The quantitative estimate of drug-likeness (QED) is 0.362. The van der Waals surface area contributed by atoms with E-state index in [9.17, 15) is 13.6 Å². The molecule has 0 bridgehead atoms. The lowest BCUT2D eigenvalue weighted by Crippen LogP contribution is -2.25. The number of hydrogen-bond acceptors (Lipinski definition) is 2. The SMILES string of the molecule is [N-]=[N+]=NCC1CC(=O)N(c2cc(F)c(Br)c(F)c2)C1. The molecule has 0 aromatic heterocycles. The van der Waals surface area contributed by atoms with Gasteiger partial charge in [-0.1, -0.05) is 5.11 Å². The number of rotatable bonds is 3. The highest BCUT2D eigenvalue weighted by Crippen LogP contribution is 2.30. The van der Waals surface area contributed by atoms with E-state index in [1.165, 1.54) is 4.90 Å². The van der Waals surface area contributed by atoms with E-state index in [1.54, 1.807) is 0 Å². The summed E-state index contributed by atoms with van der Waals surface area (Å²) in [6, 6.07) is 2.20. The van der Waals surface area contributed by atoms with Crippen LogP contribution in [0.4, 0.5) is 14.5 Å². The predicted molar refractivity (Wildman–Crippen MR) is 68.5 cm³/mol. The van der Waals surface area contributed by atoms with Crippen molar-refractivity contribution >= 4 is 27.5 Å². The largest absolute Gasteiger partial charge is 0.312 e. The van der Waals surface area contributed by atoms with E-state index in [0.717, 1.165) is 12.1 Å². The van der Waals surface area contributed by atoms with Crippen LogP contribution in [0.1, 0.15) is 6.42 Å². The Morgan fingerprint density at radius 2 is 2.11 bits per heavy atom. The number of amides is 1. The molecule has 1 aromatic carbocycles. The molecule has 1 unspecified atom stereocenters. The molecular weight excluding hydrogens is 322 g/mol. The predicted octanol–water partition coefficient (Wildman–Crippen LogP) is 3.39. The van der Waals surface area contributed by atoms with E-state index < -0.39 is 11.6 Å². The number of nitrogens with zero attached hydrogens (tertiary/aromatic N) is 4. The van der Waals surface area contributed by atoms with Gasteiger partial charge in [0.05, 0.1) is 4.47 Å². The zero-order valence-electron chi connectivity index (χ0n) is 9.68. The third-order valence-electron chi connectivity index (χ3n) is 2.89. The van der Waals surface area contributed by atoms with E-state index in [1.807, 2.05) is 0 Å². The fourth-order valence-corrected chi connectivity index (χ4v) is 2.23. The van der Waals surface area contributed by atoms with E-state index >= 15 is 0 Å². The van der Waals surface area contributed by atoms with E-state index in [0.29, 0.717) is 6.54 Å². The van der Waals surface area contributed by atoms with Crippen LogP contribution in [0.3, 0.4) is 0 Å². The maximum Gasteiger partial charge on any atom is 0.227 e. The molecule has 19 heavy (non-hydrogen) atoms. The Morgan fingerprint density at radius 3 is 2.68 bits per heavy atom. The van der Waals surface area contributed by atoms with Gasteiger partial charge in [0.1, 0.15) is 11.6 Å². The minimum Gasteiger partial charge on any atom is -0.312 e. The third kappa shape index (κ3) is 2.85. The average Bonchev–Trinajstić information content (AvgIpc) is 2.74. The Labute approximate surface area is 116 Å². The zero-order valence-corrected chi connectivity index (χ0v) is 11.3. The monoisotopic (exact) mass is 330 g/mol. The van der Waals surface area contributed by atoms with E-state index in [-0.39, 0.29) is 35.0 Å². The van der Waals surface area contributed by atoms with Gasteiger partial charge in [0.25, 0.3) is 0 Å². The first-order valence-corrected chi connectivity index (χ1v) is 6.28. The van der Waals surface area contributed by atoms with Gasteiger partial charge in [0.15, 0.2) is 0 Å². The van der Waals surface area contributed by atoms with E-state index in [2.05, 4.69) is 26.0 Å². The normalized spacial score (nSPS) is 18.6. The Morgan fingerprint density at radius 1 is 1.47 bits per heavy atom. The summed E-state index contributed by atoms with van der Waals surface area (Å²) < 4.78 is 26.6. The molecule has 100 valence electrons. The van der Waals surface area contributed by atoms with Crippen molar-refractivity contribution in [2.45, 2.75) is 6.42 Å². The van der Waals surface area contributed by atoms with Crippen molar-refractivity contribution < 1.29 is 13.6 Å². The highest BCUT2D eigenvalue weighted by molar-refractivity contribution is 9.10. The third-order valence-corrected chi connectivity index (χ3v) is 3.65. The second-order valence-electron chi connectivity index (χ2n) is 4.21. The molecule has 0 saturated carbocycles. The van der Waals surface area contributed by atoms with Gasteiger partial charge in [0, 0.05) is 30.1 Å². The number of anilines is 1. The smallest absolute Gasteiger partial charge is 0.227 e. The lowest BCUT2D eigenvalue weighted by atomic mass is 10.1. The van der Waals surface area contributed by atoms with Gasteiger partial charge in [-0.2, -0.15) is 0 Å². The van der Waals surface area contributed by atoms with Crippen molar-refractivity contribution in [3.63, 3.8) is 0 Å². The molecule has 2 rings (SSSR count). The molecule has 1 amide bonds. The molecule has 1 aliphatic heterocycles. The standard InChI is InChI=1S/C11H9BrF2N4O/c12-11-8(13)2-7(3-9(11)14)18-5-6(1-10(18)19)4-16-17-15/h2-3,6H,1,4-5H2. The molecule has 0 N–H and O–H groups in total. The summed E-state index contributed by atoms with van der Waals surface area (Å²) in [4.78, 5) is 15.7. The van der Waals surface area contributed by atoms with Crippen molar-refractivity contribution in [1.29, 1.82) is 0 Å². The number of benzene rings is 1. The topological polar surface area (TPSA) is 69.1 Å². The summed E-state index contributed by atoms with van der Waals surface area (Å²) in [5.41, 5.74) is 8.41. The van der Waals surface area contributed by atoms with Crippen LogP contribution < -0.4 is 4.90 Å². The number of carbonyl (C=O) groups excluding carboxylic acids is 1. The molecule has 1 fully saturated rings. The first-order chi connectivity index (χ1) is 9.02. The molecule has 1 saturated heterocycles. The fraction of sp³-hybridized carbons (Fsp3) is 0.364. The highest BCUT2D eigenvalue weighted by atomic mass is 79.9. The van der Waals surface area contributed by atoms with Gasteiger partial charge in [-0.25, -0.2) is 8.78 Å². The summed E-state index contributed by atoms with van der Waals surface area (Å²) in [5.74, 6) is -1.89. The first kappa shape index (κ1) is 13.8. The van der Waals surface area contributed by atoms with Gasteiger partial charge in [0.2, 0.25) is 5.91 Å². The maximum atomic E-state index is 13.4. The van der Waals surface area contributed by atoms with Crippen molar-refractivity contribution in [3.05, 3.63) is 38.7 Å².